The van der Waals surface area contributed by atoms with E-state index in [1.807, 2.05) is 13.8 Å². The van der Waals surface area contributed by atoms with E-state index in [1.165, 1.54) is 10.4 Å². The van der Waals surface area contributed by atoms with Crippen LogP contribution in [0.1, 0.15) is 31.2 Å². The molecule has 0 fully saturated rings. The lowest BCUT2D eigenvalue weighted by Crippen LogP contribution is -2.09. The minimum absolute atomic E-state index is 0.117. The number of anilines is 1. The SMILES string of the molecule is CCc1ccsc1CNc1nccc(OC(C)C)n1. The summed E-state index contributed by atoms with van der Waals surface area (Å²) in [6.07, 6.45) is 2.88. The van der Waals surface area contributed by atoms with Crippen molar-refractivity contribution < 1.29 is 4.74 Å². The Morgan fingerprint density at radius 2 is 2.21 bits per heavy atom. The van der Waals surface area contributed by atoms with E-state index in [9.17, 15) is 0 Å². The first kappa shape index (κ1) is 13.8. The van der Waals surface area contributed by atoms with Crippen LogP contribution >= 0.6 is 11.3 Å². The summed E-state index contributed by atoms with van der Waals surface area (Å²) in [7, 11) is 0. The third-order valence-electron chi connectivity index (χ3n) is 2.61. The predicted molar refractivity (Wildman–Crippen MR) is 78.8 cm³/mol. The predicted octanol–water partition coefficient (Wildman–Crippen LogP) is 3.50. The molecule has 0 unspecified atom stereocenters. The second kappa shape index (κ2) is 6.52. The van der Waals surface area contributed by atoms with Crippen LogP contribution in [0.2, 0.25) is 0 Å². The molecule has 0 aliphatic heterocycles. The van der Waals surface area contributed by atoms with Crippen LogP contribution < -0.4 is 10.1 Å². The molecule has 0 spiro atoms. The highest BCUT2D eigenvalue weighted by Crippen LogP contribution is 2.18. The number of hydrogen-bond acceptors (Lipinski definition) is 5. The third-order valence-corrected chi connectivity index (χ3v) is 3.58. The Morgan fingerprint density at radius 3 is 2.95 bits per heavy atom. The quantitative estimate of drug-likeness (QED) is 0.878. The fourth-order valence-electron chi connectivity index (χ4n) is 1.73. The lowest BCUT2D eigenvalue weighted by atomic mass is 10.2. The van der Waals surface area contributed by atoms with Gasteiger partial charge < -0.3 is 10.1 Å². The monoisotopic (exact) mass is 277 g/mol. The van der Waals surface area contributed by atoms with Gasteiger partial charge in [-0.15, -0.1) is 11.3 Å². The van der Waals surface area contributed by atoms with Crippen LogP contribution in [0.3, 0.4) is 0 Å². The van der Waals surface area contributed by atoms with Crippen LogP contribution in [0.15, 0.2) is 23.7 Å². The lowest BCUT2D eigenvalue weighted by molar-refractivity contribution is 0.232. The Bertz CT molecular complexity index is 525. The molecular formula is C14H19N3OS. The molecule has 1 N–H and O–H groups in total. The minimum atomic E-state index is 0.117. The number of thiophene rings is 1. The fraction of sp³-hybridized carbons (Fsp3) is 0.429. The number of hydrogen-bond donors (Lipinski definition) is 1. The molecule has 0 saturated carbocycles. The van der Waals surface area contributed by atoms with Crippen molar-refractivity contribution >= 4 is 17.3 Å². The highest BCUT2D eigenvalue weighted by atomic mass is 32.1. The van der Waals surface area contributed by atoms with E-state index in [0.29, 0.717) is 11.8 Å². The summed E-state index contributed by atoms with van der Waals surface area (Å²) in [5.41, 5.74) is 1.38. The average molecular weight is 277 g/mol. The Morgan fingerprint density at radius 1 is 1.37 bits per heavy atom. The van der Waals surface area contributed by atoms with Gasteiger partial charge in [0.15, 0.2) is 0 Å². The summed E-state index contributed by atoms with van der Waals surface area (Å²) in [6.45, 7) is 6.88. The van der Waals surface area contributed by atoms with Crippen LogP contribution in [-0.4, -0.2) is 16.1 Å². The molecule has 0 bridgehead atoms. The Balaban J connectivity index is 1.99. The summed E-state index contributed by atoms with van der Waals surface area (Å²) in [5.74, 6) is 1.21. The molecule has 0 aliphatic carbocycles. The number of rotatable bonds is 6. The molecule has 2 rings (SSSR count). The zero-order valence-electron chi connectivity index (χ0n) is 11.5. The molecule has 0 radical (unpaired) electrons. The van der Waals surface area contributed by atoms with Gasteiger partial charge in [0.1, 0.15) is 0 Å². The summed E-state index contributed by atoms with van der Waals surface area (Å²) >= 11 is 1.76. The molecule has 19 heavy (non-hydrogen) atoms. The average Bonchev–Trinajstić information content (AvgIpc) is 2.83. The van der Waals surface area contributed by atoms with Crippen LogP contribution in [0.5, 0.6) is 5.88 Å². The molecule has 0 saturated heterocycles. The highest BCUT2D eigenvalue weighted by Gasteiger charge is 2.05. The van der Waals surface area contributed by atoms with Crippen LogP contribution in [0.4, 0.5) is 5.95 Å². The molecule has 4 nitrogen and oxygen atoms in total. The molecular weight excluding hydrogens is 258 g/mol. The number of nitrogens with zero attached hydrogens (tertiary/aromatic N) is 2. The molecule has 2 aromatic heterocycles. The zero-order chi connectivity index (χ0) is 13.7. The van der Waals surface area contributed by atoms with E-state index in [2.05, 4.69) is 33.7 Å². The Labute approximate surface area is 117 Å². The topological polar surface area (TPSA) is 47.0 Å². The van der Waals surface area contributed by atoms with Crippen molar-refractivity contribution in [1.82, 2.24) is 9.97 Å². The summed E-state index contributed by atoms with van der Waals surface area (Å²) in [6, 6.07) is 3.94. The van der Waals surface area contributed by atoms with E-state index >= 15 is 0 Å². The van der Waals surface area contributed by atoms with Crippen molar-refractivity contribution in [3.05, 3.63) is 34.2 Å². The number of nitrogens with one attached hydrogen (secondary N) is 1. The van der Waals surface area contributed by atoms with Gasteiger partial charge in [-0.2, -0.15) is 4.98 Å². The van der Waals surface area contributed by atoms with Crippen LogP contribution in [0, 0.1) is 0 Å². The van der Waals surface area contributed by atoms with Crippen LogP contribution in [-0.2, 0) is 13.0 Å². The maximum Gasteiger partial charge on any atom is 0.226 e. The van der Waals surface area contributed by atoms with E-state index in [1.54, 1.807) is 23.6 Å². The molecule has 0 aromatic carbocycles. The number of ether oxygens (including phenoxy) is 1. The Kier molecular flexibility index (Phi) is 4.74. The van der Waals surface area contributed by atoms with Crippen molar-refractivity contribution in [3.8, 4) is 5.88 Å². The highest BCUT2D eigenvalue weighted by molar-refractivity contribution is 7.10. The summed E-state index contributed by atoms with van der Waals surface area (Å²) < 4.78 is 5.55. The van der Waals surface area contributed by atoms with Gasteiger partial charge in [0.25, 0.3) is 0 Å². The van der Waals surface area contributed by atoms with Gasteiger partial charge in [0.05, 0.1) is 12.6 Å². The van der Waals surface area contributed by atoms with E-state index in [0.717, 1.165) is 13.0 Å². The maximum atomic E-state index is 5.55. The van der Waals surface area contributed by atoms with Gasteiger partial charge in [0.2, 0.25) is 11.8 Å². The van der Waals surface area contributed by atoms with Gasteiger partial charge in [-0.05, 0) is 37.3 Å². The van der Waals surface area contributed by atoms with E-state index in [4.69, 9.17) is 4.74 Å². The first-order chi connectivity index (χ1) is 9.19. The van der Waals surface area contributed by atoms with Crippen molar-refractivity contribution in [2.75, 3.05) is 5.32 Å². The van der Waals surface area contributed by atoms with Gasteiger partial charge in [-0.3, -0.25) is 0 Å². The smallest absolute Gasteiger partial charge is 0.226 e. The standard InChI is InChI=1S/C14H19N3OS/c1-4-11-6-8-19-12(11)9-16-14-15-7-5-13(17-14)18-10(2)3/h5-8,10H,4,9H2,1-3H3,(H,15,16,17). The fourth-order valence-corrected chi connectivity index (χ4v) is 2.65. The molecule has 0 aliphatic rings. The maximum absolute atomic E-state index is 5.55. The molecule has 2 aromatic rings. The molecule has 0 amide bonds. The van der Waals surface area contributed by atoms with Crippen LogP contribution in [0.25, 0.3) is 0 Å². The normalized spacial score (nSPS) is 10.7. The molecule has 102 valence electrons. The largest absolute Gasteiger partial charge is 0.475 e. The van der Waals surface area contributed by atoms with Crippen molar-refractivity contribution in [2.24, 2.45) is 0 Å². The summed E-state index contributed by atoms with van der Waals surface area (Å²) in [5, 5.41) is 5.36. The van der Waals surface area contributed by atoms with Gasteiger partial charge >= 0.3 is 0 Å². The minimum Gasteiger partial charge on any atom is -0.475 e. The second-order valence-corrected chi connectivity index (χ2v) is 5.46. The van der Waals surface area contributed by atoms with Gasteiger partial charge in [-0.1, -0.05) is 6.92 Å². The lowest BCUT2D eigenvalue weighted by Gasteiger charge is -2.10. The third kappa shape index (κ3) is 3.92. The van der Waals surface area contributed by atoms with Gasteiger partial charge in [-0.25, -0.2) is 4.98 Å². The molecule has 2 heterocycles. The zero-order valence-corrected chi connectivity index (χ0v) is 12.3. The van der Waals surface area contributed by atoms with Crippen molar-refractivity contribution in [1.29, 1.82) is 0 Å². The Hall–Kier alpha value is -1.62. The molecule has 5 heteroatoms. The van der Waals surface area contributed by atoms with Gasteiger partial charge in [0, 0.05) is 17.1 Å². The van der Waals surface area contributed by atoms with E-state index < -0.39 is 0 Å². The number of aromatic nitrogens is 2. The van der Waals surface area contributed by atoms with E-state index in [-0.39, 0.29) is 6.10 Å². The molecule has 0 atom stereocenters. The first-order valence-electron chi connectivity index (χ1n) is 6.48. The van der Waals surface area contributed by atoms with Crippen molar-refractivity contribution in [2.45, 2.75) is 39.8 Å². The second-order valence-electron chi connectivity index (χ2n) is 4.46. The van der Waals surface area contributed by atoms with Crippen molar-refractivity contribution in [3.63, 3.8) is 0 Å². The first-order valence-corrected chi connectivity index (χ1v) is 7.35. The number of aryl methyl sites for hydroxylation is 1. The summed E-state index contributed by atoms with van der Waals surface area (Å²) in [4.78, 5) is 9.87.